The van der Waals surface area contributed by atoms with Crippen LogP contribution in [-0.4, -0.2) is 19.9 Å². The molecule has 19 heavy (non-hydrogen) atoms. The van der Waals surface area contributed by atoms with Crippen molar-refractivity contribution in [3.8, 4) is 11.4 Å². The van der Waals surface area contributed by atoms with Gasteiger partial charge in [0.15, 0.2) is 11.6 Å². The van der Waals surface area contributed by atoms with Gasteiger partial charge in [-0.2, -0.15) is 0 Å². The first-order valence-electron chi connectivity index (χ1n) is 5.85. The van der Waals surface area contributed by atoms with Gasteiger partial charge in [-0.15, -0.1) is 10.2 Å². The van der Waals surface area contributed by atoms with Crippen molar-refractivity contribution in [3.05, 3.63) is 33.0 Å². The summed E-state index contributed by atoms with van der Waals surface area (Å²) < 4.78 is 3.89. The van der Waals surface area contributed by atoms with Crippen LogP contribution in [0.3, 0.4) is 0 Å². The second-order valence-electron chi connectivity index (χ2n) is 5.23. The summed E-state index contributed by atoms with van der Waals surface area (Å²) >= 11 is 6.98. The third-order valence-corrected chi connectivity index (χ3v) is 3.86. The van der Waals surface area contributed by atoms with Crippen LogP contribution >= 0.6 is 31.9 Å². The van der Waals surface area contributed by atoms with Crippen molar-refractivity contribution in [2.75, 3.05) is 0 Å². The van der Waals surface area contributed by atoms with Crippen LogP contribution in [0.25, 0.3) is 11.4 Å². The predicted molar refractivity (Wildman–Crippen MR) is 81.8 cm³/mol. The molecule has 4 nitrogen and oxygen atoms in total. The minimum atomic E-state index is -0.205. The van der Waals surface area contributed by atoms with Crippen molar-refractivity contribution >= 4 is 31.9 Å². The second kappa shape index (κ2) is 5.34. The summed E-state index contributed by atoms with van der Waals surface area (Å²) in [4.78, 5) is 0. The molecule has 0 aliphatic rings. The Morgan fingerprint density at radius 3 is 2.42 bits per heavy atom. The Morgan fingerprint density at radius 1 is 1.21 bits per heavy atom. The normalized spacial score (nSPS) is 11.9. The number of benzene rings is 1. The number of rotatable bonds is 2. The van der Waals surface area contributed by atoms with Gasteiger partial charge in [0.05, 0.1) is 0 Å². The van der Waals surface area contributed by atoms with Crippen molar-refractivity contribution in [1.29, 1.82) is 0 Å². The average Bonchev–Trinajstić information content (AvgIpc) is 2.72. The lowest BCUT2D eigenvalue weighted by Gasteiger charge is -2.24. The van der Waals surface area contributed by atoms with E-state index >= 15 is 0 Å². The highest BCUT2D eigenvalue weighted by molar-refractivity contribution is 9.11. The molecule has 0 radical (unpaired) electrons. The Balaban J connectivity index is 2.66. The van der Waals surface area contributed by atoms with Gasteiger partial charge < -0.3 is 9.67 Å². The zero-order chi connectivity index (χ0) is 14.2. The van der Waals surface area contributed by atoms with E-state index in [-0.39, 0.29) is 12.1 Å². The molecular formula is C13H15Br2N3O. The van der Waals surface area contributed by atoms with E-state index in [2.05, 4.69) is 62.8 Å². The van der Waals surface area contributed by atoms with Crippen LogP contribution in [0.4, 0.5) is 0 Å². The van der Waals surface area contributed by atoms with Crippen molar-refractivity contribution in [3.63, 3.8) is 0 Å². The lowest BCUT2D eigenvalue weighted by atomic mass is 10.1. The van der Waals surface area contributed by atoms with Crippen LogP contribution in [0, 0.1) is 0 Å². The molecule has 0 aliphatic carbocycles. The molecule has 1 N–H and O–H groups in total. The number of aliphatic hydroxyl groups excluding tert-OH is 1. The number of hydrogen-bond donors (Lipinski definition) is 1. The quantitative estimate of drug-likeness (QED) is 0.852. The molecule has 1 aromatic heterocycles. The Labute approximate surface area is 129 Å². The number of aromatic nitrogens is 3. The van der Waals surface area contributed by atoms with Crippen LogP contribution in [-0.2, 0) is 12.1 Å². The van der Waals surface area contributed by atoms with Gasteiger partial charge in [-0.05, 0) is 54.9 Å². The van der Waals surface area contributed by atoms with Gasteiger partial charge in [0.2, 0.25) is 0 Å². The lowest BCUT2D eigenvalue weighted by molar-refractivity contribution is 0.250. The Kier molecular flexibility index (Phi) is 4.13. The third kappa shape index (κ3) is 2.90. The second-order valence-corrected chi connectivity index (χ2v) is 7.00. The van der Waals surface area contributed by atoms with Crippen LogP contribution < -0.4 is 0 Å². The molecular weight excluding hydrogens is 374 g/mol. The standard InChI is InChI=1S/C13H15Br2N3O/c1-13(2,3)18-11(7-19)16-17-12(18)9-5-4-8(14)6-10(9)15/h4-6,19H,7H2,1-3H3. The lowest BCUT2D eigenvalue weighted by Crippen LogP contribution is -2.25. The molecule has 0 spiro atoms. The maximum absolute atomic E-state index is 9.41. The van der Waals surface area contributed by atoms with Gasteiger partial charge in [0.1, 0.15) is 6.61 Å². The summed E-state index contributed by atoms with van der Waals surface area (Å²) in [7, 11) is 0. The maximum Gasteiger partial charge on any atom is 0.165 e. The van der Waals surface area contributed by atoms with E-state index in [1.807, 2.05) is 22.8 Å². The first-order valence-corrected chi connectivity index (χ1v) is 7.44. The van der Waals surface area contributed by atoms with E-state index in [0.717, 1.165) is 20.3 Å². The van der Waals surface area contributed by atoms with E-state index < -0.39 is 0 Å². The molecule has 102 valence electrons. The molecule has 0 atom stereocenters. The highest BCUT2D eigenvalue weighted by atomic mass is 79.9. The summed E-state index contributed by atoms with van der Waals surface area (Å²) in [6, 6.07) is 5.90. The van der Waals surface area contributed by atoms with Crippen molar-refractivity contribution in [2.24, 2.45) is 0 Å². The van der Waals surface area contributed by atoms with E-state index in [1.165, 1.54) is 0 Å². The number of hydrogen-bond acceptors (Lipinski definition) is 3. The molecule has 2 aromatic rings. The summed E-state index contributed by atoms with van der Waals surface area (Å²) in [5.41, 5.74) is 0.744. The van der Waals surface area contributed by atoms with Crippen molar-refractivity contribution in [1.82, 2.24) is 14.8 Å². The Morgan fingerprint density at radius 2 is 1.89 bits per heavy atom. The molecule has 0 saturated carbocycles. The summed E-state index contributed by atoms with van der Waals surface area (Å²) in [6.07, 6.45) is 0. The SMILES string of the molecule is CC(C)(C)n1c(CO)nnc1-c1ccc(Br)cc1Br. The Bertz CT molecular complexity index is 602. The fourth-order valence-electron chi connectivity index (χ4n) is 1.97. The first-order chi connectivity index (χ1) is 8.84. The topological polar surface area (TPSA) is 50.9 Å². The zero-order valence-electron chi connectivity index (χ0n) is 11.0. The highest BCUT2D eigenvalue weighted by Crippen LogP contribution is 2.32. The van der Waals surface area contributed by atoms with Gasteiger partial charge in [-0.1, -0.05) is 15.9 Å². The number of halogens is 2. The molecule has 2 rings (SSSR count). The molecule has 1 heterocycles. The zero-order valence-corrected chi connectivity index (χ0v) is 14.2. The van der Waals surface area contributed by atoms with Gasteiger partial charge in [-0.3, -0.25) is 0 Å². The highest BCUT2D eigenvalue weighted by Gasteiger charge is 2.24. The fraction of sp³-hybridized carbons (Fsp3) is 0.385. The molecule has 6 heteroatoms. The minimum Gasteiger partial charge on any atom is -0.388 e. The minimum absolute atomic E-state index is 0.127. The van der Waals surface area contributed by atoms with E-state index in [0.29, 0.717) is 5.82 Å². The van der Waals surface area contributed by atoms with Crippen molar-refractivity contribution in [2.45, 2.75) is 32.9 Å². The van der Waals surface area contributed by atoms with Gasteiger partial charge in [-0.25, -0.2) is 0 Å². The van der Waals surface area contributed by atoms with Crippen LogP contribution in [0.15, 0.2) is 27.1 Å². The third-order valence-electron chi connectivity index (χ3n) is 2.71. The fourth-order valence-corrected chi connectivity index (χ4v) is 3.19. The van der Waals surface area contributed by atoms with Gasteiger partial charge in [0, 0.05) is 20.0 Å². The molecule has 0 fully saturated rings. The first kappa shape index (κ1) is 14.7. The van der Waals surface area contributed by atoms with E-state index in [1.54, 1.807) is 0 Å². The predicted octanol–water partition coefficient (Wildman–Crippen LogP) is 3.72. The summed E-state index contributed by atoms with van der Waals surface area (Å²) in [5.74, 6) is 1.31. The maximum atomic E-state index is 9.41. The molecule has 0 aliphatic heterocycles. The Hall–Kier alpha value is -0.720. The largest absolute Gasteiger partial charge is 0.388 e. The van der Waals surface area contributed by atoms with Gasteiger partial charge >= 0.3 is 0 Å². The van der Waals surface area contributed by atoms with E-state index in [9.17, 15) is 5.11 Å². The number of aliphatic hydroxyl groups is 1. The number of nitrogens with zero attached hydrogens (tertiary/aromatic N) is 3. The monoisotopic (exact) mass is 387 g/mol. The molecule has 1 aromatic carbocycles. The summed E-state index contributed by atoms with van der Waals surface area (Å²) in [6.45, 7) is 6.06. The molecule has 0 bridgehead atoms. The van der Waals surface area contributed by atoms with Gasteiger partial charge in [0.25, 0.3) is 0 Å². The van der Waals surface area contributed by atoms with Crippen molar-refractivity contribution < 1.29 is 5.11 Å². The average molecular weight is 389 g/mol. The molecule has 0 unspecified atom stereocenters. The summed E-state index contributed by atoms with van der Waals surface area (Å²) in [5, 5.41) is 17.7. The molecule has 0 saturated heterocycles. The van der Waals surface area contributed by atoms with Crippen LogP contribution in [0.1, 0.15) is 26.6 Å². The van der Waals surface area contributed by atoms with E-state index in [4.69, 9.17) is 0 Å². The molecule has 0 amide bonds. The van der Waals surface area contributed by atoms with Crippen LogP contribution in [0.5, 0.6) is 0 Å². The van der Waals surface area contributed by atoms with Crippen LogP contribution in [0.2, 0.25) is 0 Å². The smallest absolute Gasteiger partial charge is 0.165 e.